The minimum atomic E-state index is -4.28. The summed E-state index contributed by atoms with van der Waals surface area (Å²) in [5.74, 6) is 0. The van der Waals surface area contributed by atoms with Crippen LogP contribution < -0.4 is 0 Å². The van der Waals surface area contributed by atoms with Crippen molar-refractivity contribution < 1.29 is 17.8 Å². The van der Waals surface area contributed by atoms with Crippen LogP contribution in [-0.2, 0) is 10.1 Å². The summed E-state index contributed by atoms with van der Waals surface area (Å²) in [5.41, 5.74) is -0.0417. The van der Waals surface area contributed by atoms with Gasteiger partial charge in [0.25, 0.3) is 10.1 Å². The Balaban J connectivity index is 0.00000144. The van der Waals surface area contributed by atoms with Crippen molar-refractivity contribution in [2.45, 2.75) is 4.90 Å². The Morgan fingerprint density at radius 1 is 1.23 bits per heavy atom. The second-order valence-electron chi connectivity index (χ2n) is 2.13. The summed E-state index contributed by atoms with van der Waals surface area (Å²) >= 11 is 0. The third-order valence-electron chi connectivity index (χ3n) is 1.32. The number of carbonyl (C=O) groups excluding carboxylic acids is 1. The van der Waals surface area contributed by atoms with E-state index in [9.17, 15) is 13.2 Å². The van der Waals surface area contributed by atoms with Crippen LogP contribution >= 0.6 is 0 Å². The molecule has 0 saturated carbocycles. The van der Waals surface area contributed by atoms with Crippen molar-refractivity contribution in [1.29, 1.82) is 0 Å². The molecule has 0 bridgehead atoms. The molecular weight excluding hydrogens is 203 g/mol. The van der Waals surface area contributed by atoms with Gasteiger partial charge in [0, 0.05) is 35.1 Å². The Morgan fingerprint density at radius 2 is 1.77 bits per heavy atom. The van der Waals surface area contributed by atoms with Gasteiger partial charge >= 0.3 is 0 Å². The van der Waals surface area contributed by atoms with Crippen molar-refractivity contribution in [3.8, 4) is 0 Å². The fourth-order valence-corrected chi connectivity index (χ4v) is 1.48. The standard InChI is InChI=1S/C7H6O4S.Na/c8-5-6-3-1-2-4-7(6)12(9,10)11;/h1-5H,(H,9,10,11);. The molecular formula is C7H6NaO4S. The van der Waals surface area contributed by atoms with Crippen molar-refractivity contribution in [1.82, 2.24) is 0 Å². The second-order valence-corrected chi connectivity index (χ2v) is 3.52. The predicted molar refractivity (Wildman–Crippen MR) is 47.4 cm³/mol. The van der Waals surface area contributed by atoms with E-state index in [-0.39, 0.29) is 40.0 Å². The molecule has 0 aliphatic heterocycles. The summed E-state index contributed by atoms with van der Waals surface area (Å²) < 4.78 is 29.8. The zero-order valence-corrected chi connectivity index (χ0v) is 9.78. The molecule has 1 aromatic rings. The molecule has 0 aliphatic rings. The molecule has 0 heterocycles. The van der Waals surface area contributed by atoms with E-state index in [0.717, 1.165) is 0 Å². The summed E-state index contributed by atoms with van der Waals surface area (Å²) in [4.78, 5) is 9.94. The van der Waals surface area contributed by atoms with E-state index < -0.39 is 10.1 Å². The topological polar surface area (TPSA) is 71.4 Å². The van der Waals surface area contributed by atoms with Crippen LogP contribution in [0.5, 0.6) is 0 Å². The first kappa shape index (κ1) is 12.8. The van der Waals surface area contributed by atoms with E-state index >= 15 is 0 Å². The minimum absolute atomic E-state index is 0. The molecule has 0 fully saturated rings. The van der Waals surface area contributed by atoms with Gasteiger partial charge in [0.1, 0.15) is 4.90 Å². The van der Waals surface area contributed by atoms with Gasteiger partial charge in [-0.1, -0.05) is 18.2 Å². The molecule has 0 aliphatic carbocycles. The number of benzene rings is 1. The molecule has 1 N–H and O–H groups in total. The number of hydrogen-bond donors (Lipinski definition) is 1. The van der Waals surface area contributed by atoms with Crippen molar-refractivity contribution in [2.75, 3.05) is 0 Å². The van der Waals surface area contributed by atoms with Crippen molar-refractivity contribution in [2.24, 2.45) is 0 Å². The van der Waals surface area contributed by atoms with E-state index in [2.05, 4.69) is 0 Å². The Labute approximate surface area is 98.0 Å². The van der Waals surface area contributed by atoms with E-state index in [1.807, 2.05) is 0 Å². The Kier molecular flexibility index (Phi) is 4.80. The molecule has 0 unspecified atom stereocenters. The molecule has 13 heavy (non-hydrogen) atoms. The molecule has 65 valence electrons. The van der Waals surface area contributed by atoms with Gasteiger partial charge in [-0.15, -0.1) is 0 Å². The zero-order chi connectivity index (χ0) is 9.19. The van der Waals surface area contributed by atoms with Gasteiger partial charge < -0.3 is 0 Å². The summed E-state index contributed by atoms with van der Waals surface area (Å²) in [7, 11) is -4.28. The van der Waals surface area contributed by atoms with Crippen LogP contribution in [0.25, 0.3) is 0 Å². The van der Waals surface area contributed by atoms with Gasteiger partial charge in [-0.3, -0.25) is 9.35 Å². The molecule has 4 nitrogen and oxygen atoms in total. The maximum absolute atomic E-state index is 10.6. The van der Waals surface area contributed by atoms with Gasteiger partial charge in [0.2, 0.25) is 0 Å². The Hall–Kier alpha value is -0.200. The van der Waals surface area contributed by atoms with Gasteiger partial charge in [-0.25, -0.2) is 0 Å². The van der Waals surface area contributed by atoms with E-state index in [1.54, 1.807) is 0 Å². The van der Waals surface area contributed by atoms with Crippen LogP contribution in [0, 0.1) is 0 Å². The van der Waals surface area contributed by atoms with E-state index in [1.165, 1.54) is 24.3 Å². The van der Waals surface area contributed by atoms with Gasteiger partial charge in [0.05, 0.1) is 0 Å². The normalized spacial score (nSPS) is 10.2. The van der Waals surface area contributed by atoms with Crippen molar-refractivity contribution >= 4 is 46.0 Å². The largest absolute Gasteiger partial charge is 0.298 e. The Bertz CT molecular complexity index is 399. The first-order valence-corrected chi connectivity index (χ1v) is 4.51. The average Bonchev–Trinajstić information content (AvgIpc) is 2.03. The number of carbonyl (C=O) groups is 1. The van der Waals surface area contributed by atoms with Crippen LogP contribution in [0.15, 0.2) is 29.2 Å². The van der Waals surface area contributed by atoms with Gasteiger partial charge in [-0.05, 0) is 6.07 Å². The molecule has 0 aromatic heterocycles. The maximum atomic E-state index is 10.6. The fraction of sp³-hybridized carbons (Fsp3) is 0. The summed E-state index contributed by atoms with van der Waals surface area (Å²) in [6.07, 6.45) is 0.378. The zero-order valence-electron chi connectivity index (χ0n) is 6.97. The van der Waals surface area contributed by atoms with Crippen LogP contribution in [0.1, 0.15) is 10.4 Å². The number of hydrogen-bond acceptors (Lipinski definition) is 3. The van der Waals surface area contributed by atoms with E-state index in [4.69, 9.17) is 4.55 Å². The summed E-state index contributed by atoms with van der Waals surface area (Å²) in [6, 6.07) is 5.42. The first-order valence-electron chi connectivity index (χ1n) is 3.07. The van der Waals surface area contributed by atoms with E-state index in [0.29, 0.717) is 6.29 Å². The molecule has 0 saturated heterocycles. The Morgan fingerprint density at radius 3 is 2.15 bits per heavy atom. The quantitative estimate of drug-likeness (QED) is 0.434. The minimum Gasteiger partial charge on any atom is -0.298 e. The molecule has 1 rings (SSSR count). The maximum Gasteiger partial charge on any atom is 0.295 e. The molecule has 0 amide bonds. The first-order chi connectivity index (χ1) is 5.55. The molecule has 1 radical (unpaired) electrons. The number of aldehydes is 1. The summed E-state index contributed by atoms with van der Waals surface area (Å²) in [5, 5.41) is 0. The van der Waals surface area contributed by atoms with Crippen molar-refractivity contribution in [3.63, 3.8) is 0 Å². The van der Waals surface area contributed by atoms with Crippen LogP contribution in [-0.4, -0.2) is 48.8 Å². The van der Waals surface area contributed by atoms with Crippen molar-refractivity contribution in [3.05, 3.63) is 29.8 Å². The molecule has 1 aromatic carbocycles. The molecule has 6 heteroatoms. The monoisotopic (exact) mass is 209 g/mol. The van der Waals surface area contributed by atoms with Gasteiger partial charge in [0.15, 0.2) is 6.29 Å². The number of rotatable bonds is 2. The SMILES string of the molecule is O=Cc1ccccc1S(=O)(=O)O.[Na]. The third kappa shape index (κ3) is 3.21. The van der Waals surface area contributed by atoms with Crippen LogP contribution in [0.2, 0.25) is 0 Å². The summed E-state index contributed by atoms with van der Waals surface area (Å²) in [6.45, 7) is 0. The third-order valence-corrected chi connectivity index (χ3v) is 2.25. The van der Waals surface area contributed by atoms with Crippen LogP contribution in [0.4, 0.5) is 0 Å². The fourth-order valence-electron chi connectivity index (χ4n) is 0.813. The average molecular weight is 209 g/mol. The molecule has 0 spiro atoms. The molecule has 0 atom stereocenters. The second kappa shape index (κ2) is 4.88. The van der Waals surface area contributed by atoms with Gasteiger partial charge in [-0.2, -0.15) is 8.42 Å². The predicted octanol–water partition coefficient (Wildman–Crippen LogP) is 0.365. The smallest absolute Gasteiger partial charge is 0.295 e. The van der Waals surface area contributed by atoms with Crippen LogP contribution in [0.3, 0.4) is 0 Å².